The Bertz CT molecular complexity index is 299. The highest BCUT2D eigenvalue weighted by molar-refractivity contribution is 5.90. The lowest BCUT2D eigenvalue weighted by atomic mass is 10.4. The van der Waals surface area contributed by atoms with Crippen molar-refractivity contribution in [1.29, 1.82) is 0 Å². The fraction of sp³-hybridized carbons (Fsp3) is 0.375. The second-order valence-electron chi connectivity index (χ2n) is 2.61. The Kier molecular flexibility index (Phi) is 3.81. The Labute approximate surface area is 81.3 Å². The number of hydrogen-bond acceptors (Lipinski definition) is 5. The van der Waals surface area contributed by atoms with E-state index < -0.39 is 5.91 Å². The van der Waals surface area contributed by atoms with Crippen LogP contribution in [-0.2, 0) is 0 Å². The second-order valence-corrected chi connectivity index (χ2v) is 2.61. The van der Waals surface area contributed by atoms with Gasteiger partial charge in [-0.15, -0.1) is 10.2 Å². The summed E-state index contributed by atoms with van der Waals surface area (Å²) in [6, 6.07) is 3.01. The Hall–Kier alpha value is -1.69. The number of amides is 1. The first-order chi connectivity index (χ1) is 6.74. The van der Waals surface area contributed by atoms with Crippen molar-refractivity contribution in [3.63, 3.8) is 0 Å². The molecule has 0 unspecified atom stereocenters. The summed E-state index contributed by atoms with van der Waals surface area (Å²) in [5, 5.41) is 7.23. The quantitative estimate of drug-likeness (QED) is 0.606. The van der Waals surface area contributed by atoms with Crippen LogP contribution in [0.15, 0.2) is 12.1 Å². The average molecular weight is 196 g/mol. The minimum atomic E-state index is -0.606. The number of ether oxygens (including phenoxy) is 1. The molecule has 0 radical (unpaired) electrons. The van der Waals surface area contributed by atoms with Crippen molar-refractivity contribution in [2.45, 2.75) is 6.42 Å². The van der Waals surface area contributed by atoms with E-state index in [9.17, 15) is 4.79 Å². The molecule has 1 rings (SSSR count). The first kappa shape index (κ1) is 10.4. The maximum atomic E-state index is 10.6. The summed E-state index contributed by atoms with van der Waals surface area (Å²) in [5.41, 5.74) is 10.4. The van der Waals surface area contributed by atoms with E-state index in [2.05, 4.69) is 10.2 Å². The van der Waals surface area contributed by atoms with E-state index in [1.807, 2.05) is 0 Å². The van der Waals surface area contributed by atoms with Gasteiger partial charge in [0, 0.05) is 6.07 Å². The third kappa shape index (κ3) is 2.98. The normalized spacial score (nSPS) is 9.79. The van der Waals surface area contributed by atoms with Crippen LogP contribution in [0.4, 0.5) is 0 Å². The van der Waals surface area contributed by atoms with Crippen LogP contribution in [0.5, 0.6) is 5.88 Å². The van der Waals surface area contributed by atoms with E-state index in [0.717, 1.165) is 6.42 Å². The molecule has 0 spiro atoms. The van der Waals surface area contributed by atoms with Crippen LogP contribution in [0.25, 0.3) is 0 Å². The van der Waals surface area contributed by atoms with Gasteiger partial charge in [-0.05, 0) is 19.0 Å². The third-order valence-electron chi connectivity index (χ3n) is 1.49. The monoisotopic (exact) mass is 196 g/mol. The van der Waals surface area contributed by atoms with Crippen LogP contribution in [0.1, 0.15) is 16.9 Å². The topological polar surface area (TPSA) is 104 Å². The van der Waals surface area contributed by atoms with Gasteiger partial charge < -0.3 is 16.2 Å². The van der Waals surface area contributed by atoms with Gasteiger partial charge in [0.2, 0.25) is 5.88 Å². The minimum Gasteiger partial charge on any atom is -0.477 e. The van der Waals surface area contributed by atoms with E-state index in [1.54, 1.807) is 6.07 Å². The summed E-state index contributed by atoms with van der Waals surface area (Å²) in [5.74, 6) is -0.241. The van der Waals surface area contributed by atoms with Gasteiger partial charge in [0.05, 0.1) is 6.61 Å². The smallest absolute Gasteiger partial charge is 0.269 e. The summed E-state index contributed by atoms with van der Waals surface area (Å²) in [4.78, 5) is 10.6. The maximum absolute atomic E-state index is 10.6. The standard InChI is InChI=1S/C8H12N4O2/c9-4-1-5-14-7-3-2-6(8(10)13)11-12-7/h2-3H,1,4-5,9H2,(H2,10,13). The molecule has 0 fully saturated rings. The molecule has 0 saturated heterocycles. The molecule has 76 valence electrons. The number of carbonyl (C=O) groups excluding carboxylic acids is 1. The van der Waals surface area contributed by atoms with E-state index in [4.69, 9.17) is 16.2 Å². The highest BCUT2D eigenvalue weighted by atomic mass is 16.5. The highest BCUT2D eigenvalue weighted by Crippen LogP contribution is 2.04. The molecule has 0 saturated carbocycles. The van der Waals surface area contributed by atoms with E-state index in [-0.39, 0.29) is 5.69 Å². The zero-order valence-corrected chi connectivity index (χ0v) is 7.64. The number of rotatable bonds is 5. The molecule has 1 aromatic heterocycles. The molecule has 1 amide bonds. The Balaban J connectivity index is 2.51. The molecule has 0 aliphatic carbocycles. The SMILES string of the molecule is NCCCOc1ccc(C(N)=O)nn1. The van der Waals surface area contributed by atoms with Crippen molar-refractivity contribution in [1.82, 2.24) is 10.2 Å². The first-order valence-corrected chi connectivity index (χ1v) is 4.20. The number of primary amides is 1. The molecule has 0 aromatic carbocycles. The van der Waals surface area contributed by atoms with Gasteiger partial charge in [-0.25, -0.2) is 0 Å². The van der Waals surface area contributed by atoms with Crippen molar-refractivity contribution >= 4 is 5.91 Å². The molecule has 0 bridgehead atoms. The maximum Gasteiger partial charge on any atom is 0.269 e. The van der Waals surface area contributed by atoms with E-state index in [0.29, 0.717) is 19.0 Å². The second kappa shape index (κ2) is 5.13. The van der Waals surface area contributed by atoms with Gasteiger partial charge in [0.1, 0.15) is 0 Å². The lowest BCUT2D eigenvalue weighted by molar-refractivity contribution is 0.0994. The molecule has 6 heteroatoms. The van der Waals surface area contributed by atoms with E-state index >= 15 is 0 Å². The largest absolute Gasteiger partial charge is 0.477 e. The Morgan fingerprint density at radius 2 is 2.21 bits per heavy atom. The Morgan fingerprint density at radius 1 is 1.43 bits per heavy atom. The van der Waals surface area contributed by atoms with Gasteiger partial charge in [0.15, 0.2) is 5.69 Å². The fourth-order valence-corrected chi connectivity index (χ4v) is 0.789. The molecule has 1 heterocycles. The zero-order valence-electron chi connectivity index (χ0n) is 7.64. The molecule has 6 nitrogen and oxygen atoms in total. The number of hydrogen-bond donors (Lipinski definition) is 2. The molecule has 0 aliphatic heterocycles. The fourth-order valence-electron chi connectivity index (χ4n) is 0.789. The molecule has 4 N–H and O–H groups in total. The average Bonchev–Trinajstić information content (AvgIpc) is 2.19. The summed E-state index contributed by atoms with van der Waals surface area (Å²) < 4.78 is 5.18. The first-order valence-electron chi connectivity index (χ1n) is 4.20. The van der Waals surface area contributed by atoms with E-state index in [1.165, 1.54) is 6.07 Å². The minimum absolute atomic E-state index is 0.121. The van der Waals surface area contributed by atoms with Crippen LogP contribution in [0.3, 0.4) is 0 Å². The van der Waals surface area contributed by atoms with Gasteiger partial charge in [0.25, 0.3) is 5.91 Å². The molecule has 1 aromatic rings. The van der Waals surface area contributed by atoms with Crippen LogP contribution in [0, 0.1) is 0 Å². The molecule has 14 heavy (non-hydrogen) atoms. The number of carbonyl (C=O) groups is 1. The van der Waals surface area contributed by atoms with Crippen LogP contribution in [0.2, 0.25) is 0 Å². The van der Waals surface area contributed by atoms with Crippen molar-refractivity contribution in [3.05, 3.63) is 17.8 Å². The van der Waals surface area contributed by atoms with Crippen LogP contribution < -0.4 is 16.2 Å². The molecule has 0 aliphatic rings. The molecular formula is C8H12N4O2. The number of aromatic nitrogens is 2. The summed E-state index contributed by atoms with van der Waals surface area (Å²) >= 11 is 0. The van der Waals surface area contributed by atoms with Crippen molar-refractivity contribution in [2.24, 2.45) is 11.5 Å². The van der Waals surface area contributed by atoms with Gasteiger partial charge in [-0.2, -0.15) is 0 Å². The summed E-state index contributed by atoms with van der Waals surface area (Å²) in [6.45, 7) is 1.05. The van der Waals surface area contributed by atoms with Crippen LogP contribution >= 0.6 is 0 Å². The number of nitrogens with zero attached hydrogens (tertiary/aromatic N) is 2. The highest BCUT2D eigenvalue weighted by Gasteiger charge is 2.02. The molecule has 0 atom stereocenters. The lowest BCUT2D eigenvalue weighted by Gasteiger charge is -2.02. The lowest BCUT2D eigenvalue weighted by Crippen LogP contribution is -2.14. The zero-order chi connectivity index (χ0) is 10.4. The number of nitrogens with two attached hydrogens (primary N) is 2. The predicted octanol–water partition coefficient (Wildman–Crippen LogP) is -0.697. The van der Waals surface area contributed by atoms with Crippen molar-refractivity contribution in [2.75, 3.05) is 13.2 Å². The van der Waals surface area contributed by atoms with Crippen LogP contribution in [-0.4, -0.2) is 29.3 Å². The van der Waals surface area contributed by atoms with Gasteiger partial charge in [-0.3, -0.25) is 4.79 Å². The van der Waals surface area contributed by atoms with Crippen molar-refractivity contribution < 1.29 is 9.53 Å². The Morgan fingerprint density at radius 3 is 2.71 bits per heavy atom. The molecular weight excluding hydrogens is 184 g/mol. The predicted molar refractivity (Wildman–Crippen MR) is 49.7 cm³/mol. The third-order valence-corrected chi connectivity index (χ3v) is 1.49. The summed E-state index contributed by atoms with van der Waals surface area (Å²) in [7, 11) is 0. The van der Waals surface area contributed by atoms with Gasteiger partial charge >= 0.3 is 0 Å². The summed E-state index contributed by atoms with van der Waals surface area (Å²) in [6.07, 6.45) is 0.749. The van der Waals surface area contributed by atoms with Crippen molar-refractivity contribution in [3.8, 4) is 5.88 Å². The van der Waals surface area contributed by atoms with Gasteiger partial charge in [-0.1, -0.05) is 0 Å².